The molecule has 14 heteroatoms. The van der Waals surface area contributed by atoms with Gasteiger partial charge in [-0.15, -0.1) is 11.8 Å². The first-order chi connectivity index (χ1) is 22.4. The maximum absolute atomic E-state index is 15.4. The maximum Gasteiger partial charge on any atom is 0.350 e. The van der Waals surface area contributed by atoms with Crippen LogP contribution in [0.15, 0.2) is 40.5 Å². The van der Waals surface area contributed by atoms with Gasteiger partial charge in [-0.25, -0.2) is 22.4 Å². The monoisotopic (exact) mass is 711 g/mol. The van der Waals surface area contributed by atoms with E-state index in [1.807, 2.05) is 18.7 Å². The minimum absolute atomic E-state index is 0.0200. The van der Waals surface area contributed by atoms with Crippen LogP contribution < -0.4 is 10.6 Å². The third-order valence-corrected chi connectivity index (χ3v) is 11.4. The third kappa shape index (κ3) is 6.50. The Labute approximate surface area is 284 Å². The van der Waals surface area contributed by atoms with E-state index in [2.05, 4.69) is 11.6 Å². The topological polar surface area (TPSA) is 61.7 Å². The molecular weight excluding hydrogens is 677 g/mol. The average Bonchev–Trinajstić information content (AvgIpc) is 3.02. The van der Waals surface area contributed by atoms with Gasteiger partial charge in [0.1, 0.15) is 17.5 Å². The molecule has 47 heavy (non-hydrogen) atoms. The van der Waals surface area contributed by atoms with E-state index in [-0.39, 0.29) is 52.1 Å². The van der Waals surface area contributed by atoms with Gasteiger partial charge < -0.3 is 9.80 Å². The van der Waals surface area contributed by atoms with Crippen LogP contribution in [-0.4, -0.2) is 82.2 Å². The van der Waals surface area contributed by atoms with Crippen molar-refractivity contribution < 1.29 is 22.4 Å². The number of carbonyl (C=O) groups excluding carboxylic acids is 1. The summed E-state index contributed by atoms with van der Waals surface area (Å²) in [5.41, 5.74) is 0.423. The molecule has 1 amide bonds. The van der Waals surface area contributed by atoms with Crippen molar-refractivity contribution in [3.8, 4) is 11.1 Å². The summed E-state index contributed by atoms with van der Waals surface area (Å²) >= 11 is 14.5. The number of benzene rings is 2. The van der Waals surface area contributed by atoms with Crippen molar-refractivity contribution in [3.05, 3.63) is 63.0 Å². The van der Waals surface area contributed by atoms with Crippen molar-refractivity contribution in [1.82, 2.24) is 19.4 Å². The van der Waals surface area contributed by atoms with Gasteiger partial charge in [-0.1, -0.05) is 29.8 Å². The molecule has 3 aliphatic heterocycles. The number of hydrogen-bond donors (Lipinski definition) is 0. The Morgan fingerprint density at radius 3 is 2.49 bits per heavy atom. The summed E-state index contributed by atoms with van der Waals surface area (Å²) < 4.78 is 57.1. The highest BCUT2D eigenvalue weighted by molar-refractivity contribution is 7.99. The molecule has 3 aliphatic rings. The minimum atomic E-state index is -2.38. The number of rotatable bonds is 7. The molecule has 0 unspecified atom stereocenters. The molecule has 3 aromatic rings. The van der Waals surface area contributed by atoms with Crippen LogP contribution in [0.5, 0.6) is 0 Å². The van der Waals surface area contributed by atoms with E-state index < -0.39 is 23.7 Å². The number of nitrogens with zero attached hydrogens (tertiary/aromatic N) is 5. The summed E-state index contributed by atoms with van der Waals surface area (Å²) in [7, 11) is 0. The number of amides is 1. The molecule has 2 saturated heterocycles. The molecule has 3 atom stereocenters. The molecule has 0 aliphatic carbocycles. The Hall–Kier alpha value is -2.80. The number of likely N-dealkylation sites (tertiary alicyclic amines) is 1. The lowest BCUT2D eigenvalue weighted by Gasteiger charge is -2.45. The summed E-state index contributed by atoms with van der Waals surface area (Å²) in [6, 6.07) is 2.94. The Kier molecular flexibility index (Phi) is 9.86. The molecule has 7 nitrogen and oxygen atoms in total. The first kappa shape index (κ1) is 34.1. The predicted molar refractivity (Wildman–Crippen MR) is 179 cm³/mol. The summed E-state index contributed by atoms with van der Waals surface area (Å²) in [4.78, 5) is 37.3. The van der Waals surface area contributed by atoms with E-state index in [1.165, 1.54) is 23.9 Å². The number of thioether (sulfide) groups is 1. The van der Waals surface area contributed by atoms with Gasteiger partial charge >= 0.3 is 5.69 Å². The van der Waals surface area contributed by atoms with E-state index in [1.54, 1.807) is 20.4 Å². The van der Waals surface area contributed by atoms with Gasteiger partial charge in [-0.2, -0.15) is 4.98 Å². The average molecular weight is 713 g/mol. The zero-order valence-corrected chi connectivity index (χ0v) is 28.3. The fourth-order valence-corrected chi connectivity index (χ4v) is 9.13. The van der Waals surface area contributed by atoms with Crippen LogP contribution in [0.2, 0.25) is 10.0 Å². The van der Waals surface area contributed by atoms with Crippen LogP contribution in [0.1, 0.15) is 39.2 Å². The van der Waals surface area contributed by atoms with Gasteiger partial charge in [0.25, 0.3) is 6.43 Å². The molecule has 0 bridgehead atoms. The second-order valence-corrected chi connectivity index (χ2v) is 14.5. The maximum atomic E-state index is 15.4. The van der Waals surface area contributed by atoms with Gasteiger partial charge in [-0.3, -0.25) is 14.3 Å². The number of alkyl halides is 2. The predicted octanol–water partition coefficient (Wildman–Crippen LogP) is 7.27. The van der Waals surface area contributed by atoms with Crippen LogP contribution >= 0.6 is 35.0 Å². The number of piperidine rings is 1. The quantitative estimate of drug-likeness (QED) is 0.146. The molecule has 0 radical (unpaired) electrons. The number of piperazine rings is 1. The van der Waals surface area contributed by atoms with Crippen molar-refractivity contribution in [2.24, 2.45) is 5.92 Å². The lowest BCUT2D eigenvalue weighted by atomic mass is 9.90. The fraction of sp³-hybridized carbons (Fsp3) is 0.485. The highest BCUT2D eigenvalue weighted by Gasteiger charge is 2.37. The van der Waals surface area contributed by atoms with Crippen LogP contribution in [0.3, 0.4) is 0 Å². The van der Waals surface area contributed by atoms with E-state index >= 15 is 4.39 Å². The second-order valence-electron chi connectivity index (χ2n) is 12.7. The van der Waals surface area contributed by atoms with E-state index in [0.29, 0.717) is 65.5 Å². The van der Waals surface area contributed by atoms with Gasteiger partial charge in [0.15, 0.2) is 0 Å². The Balaban J connectivity index is 1.47. The van der Waals surface area contributed by atoms with E-state index in [9.17, 15) is 22.8 Å². The van der Waals surface area contributed by atoms with Crippen LogP contribution in [0, 0.1) is 17.6 Å². The molecule has 4 heterocycles. The lowest BCUT2D eigenvalue weighted by molar-refractivity contribution is -0.128. The number of aromatic nitrogens is 2. The van der Waals surface area contributed by atoms with Gasteiger partial charge in [-0.05, 0) is 70.3 Å². The molecule has 6 rings (SSSR count). The third-order valence-electron chi connectivity index (χ3n) is 9.59. The van der Waals surface area contributed by atoms with Crippen molar-refractivity contribution in [2.45, 2.75) is 62.6 Å². The normalized spacial score (nSPS) is 22.4. The highest BCUT2D eigenvalue weighted by Crippen LogP contribution is 2.49. The zero-order chi connectivity index (χ0) is 33.7. The standard InChI is InChI=1S/C33H35Cl2F4N5O2S/c1-4-28(45)42-13-18(3)43(14-17(42)2)32-22-11-24(35)29(21-10-23(34)26(37)12-25(21)36)31-30(22)44(33(46)40-32)20(16-47-31)9-19-5-7-41(8-6-19)15-27(38)39/h4,10-12,17-20,27H,1,5-9,13-16H2,2-3H3/t17-,18+,20+/m1/s1. The Morgan fingerprint density at radius 2 is 1.81 bits per heavy atom. The van der Waals surface area contributed by atoms with Gasteiger partial charge in [0, 0.05) is 64.4 Å². The molecule has 1 aromatic heterocycles. The molecule has 2 fully saturated rings. The molecule has 0 saturated carbocycles. The zero-order valence-electron chi connectivity index (χ0n) is 26.0. The van der Waals surface area contributed by atoms with Crippen LogP contribution in [0.4, 0.5) is 23.4 Å². The highest BCUT2D eigenvalue weighted by atomic mass is 35.5. The van der Waals surface area contributed by atoms with Crippen LogP contribution in [-0.2, 0) is 4.79 Å². The smallest absolute Gasteiger partial charge is 0.349 e. The Bertz CT molecular complexity index is 1780. The molecule has 0 N–H and O–H groups in total. The SMILES string of the molecule is C=CC(=O)N1C[C@H](C)N(c2nc(=O)n3c4c(c(-c5cc(Cl)c(F)cc5F)c(Cl)cc24)SC[C@@H]3CC2CCN(CC(F)F)CC2)C[C@H]1C. The second kappa shape index (κ2) is 13.6. The van der Waals surface area contributed by atoms with Crippen molar-refractivity contribution in [2.75, 3.05) is 43.4 Å². The Morgan fingerprint density at radius 1 is 1.09 bits per heavy atom. The molecular formula is C33H35Cl2F4N5O2S. The largest absolute Gasteiger partial charge is 0.350 e. The number of anilines is 1. The number of halogens is 6. The summed E-state index contributed by atoms with van der Waals surface area (Å²) in [6.07, 6.45) is 1.02. The molecule has 252 valence electrons. The van der Waals surface area contributed by atoms with Crippen LogP contribution in [0.25, 0.3) is 22.0 Å². The summed E-state index contributed by atoms with van der Waals surface area (Å²) in [5.74, 6) is -0.808. The summed E-state index contributed by atoms with van der Waals surface area (Å²) in [6.45, 7) is 9.15. The van der Waals surface area contributed by atoms with Crippen molar-refractivity contribution in [1.29, 1.82) is 0 Å². The van der Waals surface area contributed by atoms with Crippen molar-refractivity contribution in [3.63, 3.8) is 0 Å². The first-order valence-electron chi connectivity index (χ1n) is 15.6. The minimum Gasteiger partial charge on any atom is -0.349 e. The van der Waals surface area contributed by atoms with Gasteiger partial charge in [0.05, 0.1) is 22.1 Å². The lowest BCUT2D eigenvalue weighted by Crippen LogP contribution is -2.58. The number of hydrogen-bond acceptors (Lipinski definition) is 6. The van der Waals surface area contributed by atoms with Crippen molar-refractivity contribution >= 4 is 57.6 Å². The number of carbonyl (C=O) groups is 1. The van der Waals surface area contributed by atoms with E-state index in [0.717, 1.165) is 18.9 Å². The van der Waals surface area contributed by atoms with E-state index in [4.69, 9.17) is 23.2 Å². The molecule has 2 aromatic carbocycles. The first-order valence-corrected chi connectivity index (χ1v) is 17.4. The summed E-state index contributed by atoms with van der Waals surface area (Å²) in [5, 5.41) is 0.540. The fourth-order valence-electron chi connectivity index (χ4n) is 7.25. The molecule has 0 spiro atoms. The van der Waals surface area contributed by atoms with Gasteiger partial charge in [0.2, 0.25) is 5.91 Å².